The van der Waals surface area contributed by atoms with E-state index in [0.29, 0.717) is 0 Å². The first-order valence-electron chi connectivity index (χ1n) is 9.55. The minimum absolute atomic E-state index is 0.808. The van der Waals surface area contributed by atoms with Crippen molar-refractivity contribution in [3.8, 4) is 0 Å². The number of hydrogen-bond donors (Lipinski definition) is 0. The Bertz CT molecular complexity index is 1210. The molecule has 4 aromatic rings. The molecule has 28 heavy (non-hydrogen) atoms. The average molecular weight is 368 g/mol. The highest BCUT2D eigenvalue weighted by Gasteiger charge is 2.12. The van der Waals surface area contributed by atoms with E-state index >= 15 is 0 Å². The molecule has 4 rings (SSSR count). The van der Waals surface area contributed by atoms with Crippen molar-refractivity contribution in [1.29, 1.82) is 0 Å². The van der Waals surface area contributed by atoms with Crippen molar-refractivity contribution in [2.45, 2.75) is 33.6 Å². The maximum Gasteiger partial charge on any atom is 0.159 e. The fourth-order valence-corrected chi connectivity index (χ4v) is 3.54. The van der Waals surface area contributed by atoms with Crippen LogP contribution in [0.3, 0.4) is 0 Å². The third-order valence-corrected chi connectivity index (χ3v) is 5.14. The van der Waals surface area contributed by atoms with Crippen LogP contribution in [-0.4, -0.2) is 19.4 Å². The maximum absolute atomic E-state index is 4.95. The predicted molar refractivity (Wildman–Crippen MR) is 116 cm³/mol. The van der Waals surface area contributed by atoms with Gasteiger partial charge in [0.15, 0.2) is 5.65 Å². The molecule has 0 aliphatic carbocycles. The number of allylic oxidation sites excluding steroid dienone is 2. The van der Waals surface area contributed by atoms with Gasteiger partial charge in [0.25, 0.3) is 0 Å². The molecule has 0 bridgehead atoms. The highest BCUT2D eigenvalue weighted by molar-refractivity contribution is 5.75. The lowest BCUT2D eigenvalue weighted by molar-refractivity contribution is 0.882. The summed E-state index contributed by atoms with van der Waals surface area (Å²) in [6.45, 7) is 10.1. The quantitative estimate of drug-likeness (QED) is 0.456. The molecule has 0 aliphatic heterocycles. The van der Waals surface area contributed by atoms with Crippen LogP contribution in [-0.2, 0) is 12.8 Å². The van der Waals surface area contributed by atoms with Crippen LogP contribution in [0.1, 0.15) is 33.8 Å². The molecule has 0 atom stereocenters. The van der Waals surface area contributed by atoms with E-state index in [2.05, 4.69) is 66.3 Å². The number of fused-ring (bicyclic) bond motifs is 2. The van der Waals surface area contributed by atoms with E-state index in [1.807, 2.05) is 19.2 Å². The Kier molecular flexibility index (Phi) is 4.78. The van der Waals surface area contributed by atoms with Crippen molar-refractivity contribution >= 4 is 22.8 Å². The highest BCUT2D eigenvalue weighted by Crippen LogP contribution is 2.22. The molecule has 0 saturated carbocycles. The molecule has 140 valence electrons. The molecule has 4 aromatic heterocycles. The third-order valence-electron chi connectivity index (χ3n) is 5.14. The van der Waals surface area contributed by atoms with Crippen LogP contribution in [0, 0.1) is 20.8 Å². The van der Waals surface area contributed by atoms with Gasteiger partial charge in [0.05, 0.1) is 5.69 Å². The van der Waals surface area contributed by atoms with E-state index in [0.717, 1.165) is 52.0 Å². The van der Waals surface area contributed by atoms with Crippen molar-refractivity contribution < 1.29 is 0 Å². The number of pyridine rings is 3. The minimum Gasteiger partial charge on any atom is -0.304 e. The first-order valence-corrected chi connectivity index (χ1v) is 9.55. The number of rotatable bonds is 5. The second kappa shape index (κ2) is 7.39. The van der Waals surface area contributed by atoms with Crippen molar-refractivity contribution in [3.63, 3.8) is 0 Å². The van der Waals surface area contributed by atoms with E-state index in [4.69, 9.17) is 9.97 Å². The summed E-state index contributed by atoms with van der Waals surface area (Å²) in [4.78, 5) is 14.1. The van der Waals surface area contributed by atoms with E-state index in [1.54, 1.807) is 6.08 Å². The molecule has 0 N–H and O–H groups in total. The molecule has 0 spiro atoms. The molecular weight excluding hydrogens is 344 g/mol. The van der Waals surface area contributed by atoms with Gasteiger partial charge in [-0.15, -0.1) is 0 Å². The fraction of sp³-hybridized carbons (Fsp3) is 0.208. The second-order valence-electron chi connectivity index (χ2n) is 7.21. The Labute approximate surface area is 165 Å². The van der Waals surface area contributed by atoms with Crippen LogP contribution in [0.5, 0.6) is 0 Å². The van der Waals surface area contributed by atoms with Crippen LogP contribution in [0.25, 0.3) is 22.8 Å². The number of hydrogen-bond acceptors (Lipinski definition) is 3. The van der Waals surface area contributed by atoms with Gasteiger partial charge >= 0.3 is 0 Å². The molecule has 4 heteroatoms. The Morgan fingerprint density at radius 2 is 1.93 bits per heavy atom. The lowest BCUT2D eigenvalue weighted by Gasteiger charge is -2.04. The molecule has 0 unspecified atom stereocenters. The van der Waals surface area contributed by atoms with Gasteiger partial charge in [-0.1, -0.05) is 24.8 Å². The number of nitrogens with zero attached hydrogens (tertiary/aromatic N) is 4. The van der Waals surface area contributed by atoms with Gasteiger partial charge in [0.2, 0.25) is 0 Å². The number of aryl methyl sites for hydroxylation is 5. The minimum atomic E-state index is 0.808. The highest BCUT2D eigenvalue weighted by atomic mass is 15.0. The summed E-state index contributed by atoms with van der Waals surface area (Å²) in [7, 11) is 0. The van der Waals surface area contributed by atoms with E-state index in [9.17, 15) is 0 Å². The standard InChI is InChI=1S/C24H24N4/c1-5-6-7-21-17(3)12-13-28-18(4)22(27-24(21)28)11-10-20-9-8-19-14-16(2)15-25-23(19)26-20/h5-9,12-15H,1,10-11H2,2-4H3/b7-6-. The van der Waals surface area contributed by atoms with Crippen LogP contribution in [0.15, 0.2) is 55.4 Å². The molecule has 0 aliphatic rings. The van der Waals surface area contributed by atoms with Crippen molar-refractivity contribution in [2.24, 2.45) is 0 Å². The fourth-order valence-electron chi connectivity index (χ4n) is 3.54. The molecule has 0 saturated heterocycles. The van der Waals surface area contributed by atoms with Gasteiger partial charge in [0.1, 0.15) is 5.65 Å². The number of aromatic nitrogens is 4. The van der Waals surface area contributed by atoms with Crippen LogP contribution in [0.4, 0.5) is 0 Å². The first kappa shape index (κ1) is 18.1. The Balaban J connectivity index is 1.65. The molecule has 0 aromatic carbocycles. The molecule has 0 fully saturated rings. The van der Waals surface area contributed by atoms with Gasteiger partial charge in [-0.05, 0) is 69.0 Å². The lowest BCUT2D eigenvalue weighted by Crippen LogP contribution is -1.98. The van der Waals surface area contributed by atoms with Gasteiger partial charge in [-0.3, -0.25) is 0 Å². The Morgan fingerprint density at radius 3 is 2.75 bits per heavy atom. The second-order valence-corrected chi connectivity index (χ2v) is 7.21. The maximum atomic E-state index is 4.95. The SMILES string of the molecule is C=C/C=C\c1c(C)ccn2c(C)c(CCc3ccc4cc(C)cnc4n3)nc12. The van der Waals surface area contributed by atoms with Crippen LogP contribution < -0.4 is 0 Å². The first-order chi connectivity index (χ1) is 13.6. The smallest absolute Gasteiger partial charge is 0.159 e. The average Bonchev–Trinajstić information content (AvgIpc) is 3.01. The molecule has 4 nitrogen and oxygen atoms in total. The monoisotopic (exact) mass is 368 g/mol. The van der Waals surface area contributed by atoms with E-state index in [-0.39, 0.29) is 0 Å². The Hall–Kier alpha value is -3.27. The van der Waals surface area contributed by atoms with Crippen LogP contribution in [0.2, 0.25) is 0 Å². The van der Waals surface area contributed by atoms with E-state index < -0.39 is 0 Å². The molecule has 4 heterocycles. The summed E-state index contributed by atoms with van der Waals surface area (Å²) >= 11 is 0. The zero-order chi connectivity index (χ0) is 19.7. The van der Waals surface area contributed by atoms with Gasteiger partial charge in [0, 0.05) is 34.7 Å². The number of imidazole rings is 1. The summed E-state index contributed by atoms with van der Waals surface area (Å²) in [5.41, 5.74) is 8.63. The van der Waals surface area contributed by atoms with Gasteiger partial charge < -0.3 is 4.40 Å². The summed E-state index contributed by atoms with van der Waals surface area (Å²) in [6, 6.07) is 8.45. The summed E-state index contributed by atoms with van der Waals surface area (Å²) in [6.07, 6.45) is 11.5. The topological polar surface area (TPSA) is 43.1 Å². The predicted octanol–water partition coefficient (Wildman–Crippen LogP) is 5.19. The molecular formula is C24H24N4. The summed E-state index contributed by atoms with van der Waals surface area (Å²) in [5.74, 6) is 0. The molecule has 0 radical (unpaired) electrons. The largest absolute Gasteiger partial charge is 0.304 e. The third kappa shape index (κ3) is 3.33. The van der Waals surface area contributed by atoms with Gasteiger partial charge in [-0.2, -0.15) is 0 Å². The zero-order valence-corrected chi connectivity index (χ0v) is 16.6. The zero-order valence-electron chi connectivity index (χ0n) is 16.6. The normalized spacial score (nSPS) is 11.7. The summed E-state index contributed by atoms with van der Waals surface area (Å²) in [5, 5.41) is 1.08. The van der Waals surface area contributed by atoms with Crippen molar-refractivity contribution in [3.05, 3.63) is 89.2 Å². The van der Waals surface area contributed by atoms with E-state index in [1.165, 1.54) is 11.3 Å². The summed E-state index contributed by atoms with van der Waals surface area (Å²) < 4.78 is 2.17. The molecule has 0 amide bonds. The lowest BCUT2D eigenvalue weighted by atomic mass is 10.1. The van der Waals surface area contributed by atoms with Crippen molar-refractivity contribution in [2.75, 3.05) is 0 Å². The Morgan fingerprint density at radius 1 is 1.07 bits per heavy atom. The van der Waals surface area contributed by atoms with Crippen LogP contribution >= 0.6 is 0 Å². The van der Waals surface area contributed by atoms with Crippen molar-refractivity contribution in [1.82, 2.24) is 19.4 Å². The van der Waals surface area contributed by atoms with Gasteiger partial charge in [-0.25, -0.2) is 15.0 Å².